The molecule has 0 saturated heterocycles. The van der Waals surface area contributed by atoms with E-state index >= 15 is 0 Å². The standard InChI is InChI=1S/C13H15ClN2O2S/c1-9(17)8-15-13(19)16-12(18)7-4-10-2-5-11(14)6-3-10/h2-7,9,17H,8H2,1H3,(H2,15,16,18,19)/b7-4+. The van der Waals surface area contributed by atoms with Crippen molar-refractivity contribution in [2.45, 2.75) is 13.0 Å². The van der Waals surface area contributed by atoms with Crippen LogP contribution in [0.4, 0.5) is 0 Å². The summed E-state index contributed by atoms with van der Waals surface area (Å²) in [5.74, 6) is -0.335. The molecule has 0 spiro atoms. The van der Waals surface area contributed by atoms with Gasteiger partial charge in [0.05, 0.1) is 6.10 Å². The molecule has 4 nitrogen and oxygen atoms in total. The Labute approximate surface area is 122 Å². The van der Waals surface area contributed by atoms with E-state index in [9.17, 15) is 4.79 Å². The molecule has 0 aliphatic heterocycles. The highest BCUT2D eigenvalue weighted by Crippen LogP contribution is 2.10. The van der Waals surface area contributed by atoms with Crippen molar-refractivity contribution in [3.05, 3.63) is 40.9 Å². The molecule has 19 heavy (non-hydrogen) atoms. The molecule has 0 fully saturated rings. The van der Waals surface area contributed by atoms with Crippen molar-refractivity contribution in [2.24, 2.45) is 0 Å². The largest absolute Gasteiger partial charge is 0.392 e. The number of amides is 1. The van der Waals surface area contributed by atoms with Gasteiger partial charge in [-0.25, -0.2) is 0 Å². The number of carbonyl (C=O) groups excluding carboxylic acids is 1. The number of hydrogen-bond donors (Lipinski definition) is 3. The van der Waals surface area contributed by atoms with E-state index in [4.69, 9.17) is 28.9 Å². The molecule has 0 saturated carbocycles. The smallest absolute Gasteiger partial charge is 0.250 e. The third kappa shape index (κ3) is 6.91. The minimum absolute atomic E-state index is 0.187. The minimum Gasteiger partial charge on any atom is -0.392 e. The quantitative estimate of drug-likeness (QED) is 0.585. The number of carbonyl (C=O) groups is 1. The number of benzene rings is 1. The highest BCUT2D eigenvalue weighted by atomic mass is 35.5. The van der Waals surface area contributed by atoms with E-state index in [0.29, 0.717) is 11.6 Å². The fourth-order valence-corrected chi connectivity index (χ4v) is 1.49. The van der Waals surface area contributed by atoms with Crippen molar-refractivity contribution in [3.8, 4) is 0 Å². The molecule has 1 atom stereocenters. The van der Waals surface area contributed by atoms with Gasteiger partial charge in [0.15, 0.2) is 5.11 Å². The molecule has 102 valence electrons. The zero-order chi connectivity index (χ0) is 14.3. The van der Waals surface area contributed by atoms with Crippen LogP contribution in [0.15, 0.2) is 30.3 Å². The van der Waals surface area contributed by atoms with E-state index in [2.05, 4.69) is 10.6 Å². The van der Waals surface area contributed by atoms with Gasteiger partial charge in [-0.15, -0.1) is 0 Å². The lowest BCUT2D eigenvalue weighted by Crippen LogP contribution is -2.41. The molecule has 1 amide bonds. The van der Waals surface area contributed by atoms with E-state index in [1.165, 1.54) is 6.08 Å². The summed E-state index contributed by atoms with van der Waals surface area (Å²) in [5, 5.41) is 15.1. The van der Waals surface area contributed by atoms with E-state index in [0.717, 1.165) is 5.56 Å². The van der Waals surface area contributed by atoms with Crippen LogP contribution in [0.5, 0.6) is 0 Å². The van der Waals surface area contributed by atoms with Gasteiger partial charge in [-0.05, 0) is 42.9 Å². The lowest BCUT2D eigenvalue weighted by atomic mass is 10.2. The second kappa shape index (κ2) is 7.89. The Morgan fingerprint density at radius 3 is 2.68 bits per heavy atom. The molecule has 1 aromatic carbocycles. The first kappa shape index (κ1) is 15.6. The highest BCUT2D eigenvalue weighted by Gasteiger charge is 2.01. The van der Waals surface area contributed by atoms with Gasteiger partial charge < -0.3 is 10.4 Å². The van der Waals surface area contributed by atoms with Crippen LogP contribution >= 0.6 is 23.8 Å². The van der Waals surface area contributed by atoms with Crippen LogP contribution in [0, 0.1) is 0 Å². The Bertz CT molecular complexity index is 472. The third-order valence-corrected chi connectivity index (χ3v) is 2.59. The highest BCUT2D eigenvalue weighted by molar-refractivity contribution is 7.80. The molecule has 0 bridgehead atoms. The average molecular weight is 299 g/mol. The van der Waals surface area contributed by atoms with Gasteiger partial charge in [-0.1, -0.05) is 23.7 Å². The SMILES string of the molecule is CC(O)CNC(=S)NC(=O)/C=C/c1ccc(Cl)cc1. The van der Waals surface area contributed by atoms with Crippen LogP contribution < -0.4 is 10.6 Å². The monoisotopic (exact) mass is 298 g/mol. The van der Waals surface area contributed by atoms with Gasteiger partial charge in [0.2, 0.25) is 5.91 Å². The Balaban J connectivity index is 2.42. The van der Waals surface area contributed by atoms with Crippen LogP contribution in [0.2, 0.25) is 5.02 Å². The molecule has 0 aliphatic carbocycles. The lowest BCUT2D eigenvalue weighted by molar-refractivity contribution is -0.115. The van der Waals surface area contributed by atoms with Crippen LogP contribution in [0.3, 0.4) is 0 Å². The van der Waals surface area contributed by atoms with Crippen LogP contribution in [0.25, 0.3) is 6.08 Å². The van der Waals surface area contributed by atoms with Gasteiger partial charge in [-0.2, -0.15) is 0 Å². The summed E-state index contributed by atoms with van der Waals surface area (Å²) in [6.45, 7) is 1.91. The maximum Gasteiger partial charge on any atom is 0.250 e. The second-order valence-electron chi connectivity index (χ2n) is 3.93. The van der Waals surface area contributed by atoms with Crippen molar-refractivity contribution >= 4 is 40.9 Å². The summed E-state index contributed by atoms with van der Waals surface area (Å²) in [4.78, 5) is 11.5. The van der Waals surface area contributed by atoms with Gasteiger partial charge >= 0.3 is 0 Å². The van der Waals surface area contributed by atoms with Gasteiger partial charge in [0.25, 0.3) is 0 Å². The summed E-state index contributed by atoms with van der Waals surface area (Å²) in [6, 6.07) is 7.09. The number of hydrogen-bond acceptors (Lipinski definition) is 3. The van der Waals surface area contributed by atoms with Gasteiger partial charge in [0.1, 0.15) is 0 Å². The summed E-state index contributed by atoms with van der Waals surface area (Å²) in [7, 11) is 0. The first-order valence-electron chi connectivity index (χ1n) is 5.68. The first-order valence-corrected chi connectivity index (χ1v) is 6.46. The Morgan fingerprint density at radius 2 is 2.11 bits per heavy atom. The predicted molar refractivity (Wildman–Crippen MR) is 80.9 cm³/mol. The topological polar surface area (TPSA) is 61.4 Å². The summed E-state index contributed by atoms with van der Waals surface area (Å²) >= 11 is 10.6. The minimum atomic E-state index is -0.528. The predicted octanol–water partition coefficient (Wildman–Crippen LogP) is 1.72. The van der Waals surface area contributed by atoms with Crippen molar-refractivity contribution < 1.29 is 9.90 Å². The molecule has 1 rings (SSSR count). The fourth-order valence-electron chi connectivity index (χ4n) is 1.18. The summed E-state index contributed by atoms with van der Waals surface area (Å²) in [5.41, 5.74) is 0.863. The summed E-state index contributed by atoms with van der Waals surface area (Å²) < 4.78 is 0. The van der Waals surface area contributed by atoms with Crippen molar-refractivity contribution in [1.29, 1.82) is 0 Å². The van der Waals surface area contributed by atoms with E-state index in [-0.39, 0.29) is 11.0 Å². The molecule has 1 unspecified atom stereocenters. The van der Waals surface area contributed by atoms with Crippen LogP contribution in [-0.4, -0.2) is 28.8 Å². The zero-order valence-electron chi connectivity index (χ0n) is 10.4. The number of rotatable bonds is 4. The van der Waals surface area contributed by atoms with E-state index in [1.807, 2.05) is 0 Å². The molecular weight excluding hydrogens is 284 g/mol. The molecule has 6 heteroatoms. The number of thiocarbonyl (C=S) groups is 1. The van der Waals surface area contributed by atoms with Crippen LogP contribution in [-0.2, 0) is 4.79 Å². The molecule has 0 radical (unpaired) electrons. The molecule has 3 N–H and O–H groups in total. The Kier molecular flexibility index (Phi) is 6.49. The van der Waals surface area contributed by atoms with Crippen LogP contribution in [0.1, 0.15) is 12.5 Å². The average Bonchev–Trinajstić information content (AvgIpc) is 2.36. The third-order valence-electron chi connectivity index (χ3n) is 2.09. The number of nitrogens with one attached hydrogen (secondary N) is 2. The zero-order valence-corrected chi connectivity index (χ0v) is 12.0. The van der Waals surface area contributed by atoms with Crippen molar-refractivity contribution in [3.63, 3.8) is 0 Å². The molecule has 0 aliphatic rings. The maximum atomic E-state index is 11.5. The Hall–Kier alpha value is -1.43. The van der Waals surface area contributed by atoms with E-state index in [1.54, 1.807) is 37.3 Å². The molecule has 1 aromatic rings. The van der Waals surface area contributed by atoms with Gasteiger partial charge in [-0.3, -0.25) is 10.1 Å². The molecule has 0 aromatic heterocycles. The van der Waals surface area contributed by atoms with Crippen molar-refractivity contribution in [1.82, 2.24) is 10.6 Å². The molecule has 0 heterocycles. The fraction of sp³-hybridized carbons (Fsp3) is 0.231. The first-order chi connectivity index (χ1) is 8.97. The lowest BCUT2D eigenvalue weighted by Gasteiger charge is -2.09. The van der Waals surface area contributed by atoms with E-state index < -0.39 is 6.10 Å². The number of halogens is 1. The normalized spacial score (nSPS) is 12.2. The number of aliphatic hydroxyl groups is 1. The summed E-state index contributed by atoms with van der Waals surface area (Å²) in [6.07, 6.45) is 2.50. The van der Waals surface area contributed by atoms with Crippen molar-refractivity contribution in [2.75, 3.05) is 6.54 Å². The molecular formula is C13H15ClN2O2S. The second-order valence-corrected chi connectivity index (χ2v) is 4.78. The Morgan fingerprint density at radius 1 is 1.47 bits per heavy atom. The number of aliphatic hydroxyl groups excluding tert-OH is 1. The maximum absolute atomic E-state index is 11.5. The van der Waals surface area contributed by atoms with Gasteiger partial charge in [0, 0.05) is 17.6 Å².